The highest BCUT2D eigenvalue weighted by molar-refractivity contribution is 7.14. The fourth-order valence-corrected chi connectivity index (χ4v) is 2.73. The van der Waals surface area contributed by atoms with Crippen molar-refractivity contribution < 1.29 is 4.79 Å². The molecule has 0 aliphatic rings. The number of anilines is 1. The highest BCUT2D eigenvalue weighted by atomic mass is 35.5. The Morgan fingerprint density at radius 3 is 2.53 bits per heavy atom. The van der Waals surface area contributed by atoms with E-state index in [2.05, 4.69) is 17.6 Å². The zero-order valence-electron chi connectivity index (χ0n) is 10.7. The molecule has 0 saturated carbocycles. The summed E-state index contributed by atoms with van der Waals surface area (Å²) in [5, 5.41) is 8.01. The molecule has 3 nitrogen and oxygen atoms in total. The second kappa shape index (κ2) is 6.08. The number of thiophene rings is 1. The Labute approximate surface area is 121 Å². The van der Waals surface area contributed by atoms with Gasteiger partial charge in [0.2, 0.25) is 0 Å². The zero-order valence-corrected chi connectivity index (χ0v) is 12.3. The van der Waals surface area contributed by atoms with E-state index >= 15 is 0 Å². The monoisotopic (exact) mass is 294 g/mol. The largest absolute Gasteiger partial charge is 0.378 e. The molecule has 1 amide bonds. The van der Waals surface area contributed by atoms with Gasteiger partial charge in [-0.05, 0) is 48.2 Å². The Bertz CT molecular complexity index is 565. The highest BCUT2D eigenvalue weighted by Gasteiger charge is 2.08. The van der Waals surface area contributed by atoms with Crippen molar-refractivity contribution in [3.63, 3.8) is 0 Å². The summed E-state index contributed by atoms with van der Waals surface area (Å²) in [7, 11) is 1.62. The van der Waals surface area contributed by atoms with E-state index in [0.717, 1.165) is 15.6 Å². The van der Waals surface area contributed by atoms with Gasteiger partial charge in [0.05, 0.1) is 4.34 Å². The molecule has 19 heavy (non-hydrogen) atoms. The average Bonchev–Trinajstić information content (AvgIpc) is 2.85. The third-order valence-corrected chi connectivity index (χ3v) is 3.95. The zero-order chi connectivity index (χ0) is 13.8. The number of benzene rings is 1. The van der Waals surface area contributed by atoms with E-state index in [-0.39, 0.29) is 11.9 Å². The second-order valence-corrected chi connectivity index (χ2v) is 5.75. The van der Waals surface area contributed by atoms with Crippen LogP contribution in [0.2, 0.25) is 4.34 Å². The van der Waals surface area contributed by atoms with Gasteiger partial charge in [0.25, 0.3) is 5.91 Å². The van der Waals surface area contributed by atoms with E-state index in [0.29, 0.717) is 5.56 Å². The van der Waals surface area contributed by atoms with Crippen molar-refractivity contribution in [3.05, 3.63) is 51.2 Å². The molecular weight excluding hydrogens is 280 g/mol. The van der Waals surface area contributed by atoms with Gasteiger partial charge in [-0.25, -0.2) is 0 Å². The number of nitrogens with one attached hydrogen (secondary N) is 2. The molecule has 1 aromatic carbocycles. The highest BCUT2D eigenvalue weighted by Crippen LogP contribution is 2.27. The van der Waals surface area contributed by atoms with Crippen LogP contribution in [0.3, 0.4) is 0 Å². The van der Waals surface area contributed by atoms with Crippen LogP contribution in [-0.2, 0) is 0 Å². The molecule has 0 bridgehead atoms. The summed E-state index contributed by atoms with van der Waals surface area (Å²) >= 11 is 7.45. The van der Waals surface area contributed by atoms with Crippen molar-refractivity contribution in [2.45, 2.75) is 13.0 Å². The molecule has 0 spiro atoms. The molecule has 5 heteroatoms. The Kier molecular flexibility index (Phi) is 4.45. The van der Waals surface area contributed by atoms with Crippen LogP contribution in [0.1, 0.15) is 28.9 Å². The Morgan fingerprint density at radius 2 is 2.00 bits per heavy atom. The lowest BCUT2D eigenvalue weighted by Crippen LogP contribution is -2.17. The first-order chi connectivity index (χ1) is 9.10. The first kappa shape index (κ1) is 13.9. The van der Waals surface area contributed by atoms with Crippen LogP contribution in [0.5, 0.6) is 0 Å². The lowest BCUT2D eigenvalue weighted by atomic mass is 10.1. The topological polar surface area (TPSA) is 41.1 Å². The van der Waals surface area contributed by atoms with Crippen molar-refractivity contribution in [2.24, 2.45) is 0 Å². The molecular formula is C14H15ClN2OS. The van der Waals surface area contributed by atoms with Crippen LogP contribution in [0.15, 0.2) is 35.7 Å². The summed E-state index contributed by atoms with van der Waals surface area (Å²) < 4.78 is 0.790. The molecule has 2 N–H and O–H groups in total. The summed E-state index contributed by atoms with van der Waals surface area (Å²) in [5.41, 5.74) is 2.78. The van der Waals surface area contributed by atoms with Gasteiger partial charge >= 0.3 is 0 Å². The fourth-order valence-electron chi connectivity index (χ4n) is 1.75. The molecule has 0 aliphatic heterocycles. The number of hydrogen-bond acceptors (Lipinski definition) is 3. The molecule has 0 fully saturated rings. The molecule has 2 aromatic rings. The number of carbonyl (C=O) groups excluding carboxylic acids is 1. The molecule has 1 heterocycles. The van der Waals surface area contributed by atoms with Gasteiger partial charge in [-0.2, -0.15) is 0 Å². The van der Waals surface area contributed by atoms with Crippen LogP contribution in [0.4, 0.5) is 5.69 Å². The van der Waals surface area contributed by atoms with Crippen LogP contribution >= 0.6 is 22.9 Å². The van der Waals surface area contributed by atoms with E-state index < -0.39 is 0 Å². The number of amides is 1. The molecule has 100 valence electrons. The van der Waals surface area contributed by atoms with Gasteiger partial charge in [-0.1, -0.05) is 11.6 Å². The van der Waals surface area contributed by atoms with Crippen molar-refractivity contribution in [1.29, 1.82) is 0 Å². The van der Waals surface area contributed by atoms with E-state index in [4.69, 9.17) is 11.6 Å². The third-order valence-electron chi connectivity index (χ3n) is 2.85. The van der Waals surface area contributed by atoms with Crippen molar-refractivity contribution in [2.75, 3.05) is 12.4 Å². The van der Waals surface area contributed by atoms with Crippen LogP contribution in [0.25, 0.3) is 0 Å². The van der Waals surface area contributed by atoms with Crippen molar-refractivity contribution in [3.8, 4) is 0 Å². The summed E-state index contributed by atoms with van der Waals surface area (Å²) in [6.07, 6.45) is 0. The van der Waals surface area contributed by atoms with Gasteiger partial charge in [-0.3, -0.25) is 4.79 Å². The lowest BCUT2D eigenvalue weighted by molar-refractivity contribution is 0.0963. The van der Waals surface area contributed by atoms with Crippen LogP contribution in [-0.4, -0.2) is 13.0 Å². The minimum absolute atomic E-state index is 0.0794. The maximum Gasteiger partial charge on any atom is 0.251 e. The minimum atomic E-state index is -0.0794. The average molecular weight is 295 g/mol. The molecule has 0 saturated heterocycles. The Hall–Kier alpha value is -1.52. The molecule has 1 unspecified atom stereocenters. The number of halogens is 1. The quantitative estimate of drug-likeness (QED) is 0.897. The predicted molar refractivity (Wildman–Crippen MR) is 81.2 cm³/mol. The maximum absolute atomic E-state index is 11.4. The molecule has 1 aromatic heterocycles. The standard InChI is InChI=1S/C14H15ClN2OS/c1-9(11-7-13(15)19-8-11)17-12-5-3-10(4-6-12)14(18)16-2/h3-9,17H,1-2H3,(H,16,18). The second-order valence-electron chi connectivity index (χ2n) is 4.21. The summed E-state index contributed by atoms with van der Waals surface area (Å²) in [4.78, 5) is 11.4. The third kappa shape index (κ3) is 3.49. The molecule has 1 atom stereocenters. The normalized spacial score (nSPS) is 11.9. The van der Waals surface area contributed by atoms with Gasteiger partial charge in [0, 0.05) is 24.3 Å². The lowest BCUT2D eigenvalue weighted by Gasteiger charge is -2.14. The molecule has 2 rings (SSSR count). The number of hydrogen-bond donors (Lipinski definition) is 2. The Balaban J connectivity index is 2.05. The molecule has 0 radical (unpaired) electrons. The summed E-state index contributed by atoms with van der Waals surface area (Å²) in [5.74, 6) is -0.0794. The number of rotatable bonds is 4. The van der Waals surface area contributed by atoms with E-state index in [1.165, 1.54) is 11.3 Å². The van der Waals surface area contributed by atoms with Gasteiger partial charge in [-0.15, -0.1) is 11.3 Å². The Morgan fingerprint density at radius 1 is 1.32 bits per heavy atom. The predicted octanol–water partition coefficient (Wildman–Crippen LogP) is 3.93. The first-order valence-corrected chi connectivity index (χ1v) is 7.18. The molecule has 0 aliphatic carbocycles. The maximum atomic E-state index is 11.4. The summed E-state index contributed by atoms with van der Waals surface area (Å²) in [6, 6.07) is 9.53. The summed E-state index contributed by atoms with van der Waals surface area (Å²) in [6.45, 7) is 2.07. The van der Waals surface area contributed by atoms with Crippen molar-refractivity contribution >= 4 is 34.5 Å². The van der Waals surface area contributed by atoms with Crippen LogP contribution < -0.4 is 10.6 Å². The van der Waals surface area contributed by atoms with E-state index in [9.17, 15) is 4.79 Å². The number of carbonyl (C=O) groups is 1. The van der Waals surface area contributed by atoms with E-state index in [1.807, 2.05) is 23.6 Å². The van der Waals surface area contributed by atoms with Gasteiger partial charge in [0.15, 0.2) is 0 Å². The fraction of sp³-hybridized carbons (Fsp3) is 0.214. The minimum Gasteiger partial charge on any atom is -0.378 e. The first-order valence-electron chi connectivity index (χ1n) is 5.93. The smallest absolute Gasteiger partial charge is 0.251 e. The van der Waals surface area contributed by atoms with Crippen LogP contribution in [0, 0.1) is 0 Å². The van der Waals surface area contributed by atoms with Crippen molar-refractivity contribution in [1.82, 2.24) is 5.32 Å². The van der Waals surface area contributed by atoms with E-state index in [1.54, 1.807) is 19.2 Å². The SMILES string of the molecule is CNC(=O)c1ccc(NC(C)c2csc(Cl)c2)cc1. The van der Waals surface area contributed by atoms with Gasteiger partial charge in [0.1, 0.15) is 0 Å². The van der Waals surface area contributed by atoms with Gasteiger partial charge < -0.3 is 10.6 Å².